The Balaban J connectivity index is 1.48. The van der Waals surface area contributed by atoms with Crippen LogP contribution in [0.15, 0.2) is 48.8 Å². The van der Waals surface area contributed by atoms with Crippen molar-refractivity contribution in [1.29, 1.82) is 0 Å². The van der Waals surface area contributed by atoms with Gasteiger partial charge in [0.05, 0.1) is 22.0 Å². The van der Waals surface area contributed by atoms with Crippen molar-refractivity contribution in [2.45, 2.75) is 19.4 Å². The van der Waals surface area contributed by atoms with E-state index in [1.165, 1.54) is 64.5 Å². The summed E-state index contributed by atoms with van der Waals surface area (Å²) in [7, 11) is 1.75. The van der Waals surface area contributed by atoms with Gasteiger partial charge in [-0.25, -0.2) is 9.18 Å². The largest absolute Gasteiger partial charge is 0.478 e. The molecule has 4 aromatic rings. The highest BCUT2D eigenvalue weighted by molar-refractivity contribution is 6.31. The first kappa shape index (κ1) is 26.7. The highest BCUT2D eigenvalue weighted by Crippen LogP contribution is 2.34. The number of aromatic nitrogens is 6. The quantitative estimate of drug-likeness (QED) is 0.340. The second-order valence-electron chi connectivity index (χ2n) is 9.01. The molecule has 3 heterocycles. The monoisotopic (exact) mass is 564 g/mol. The number of amides is 2. The molecule has 0 saturated carbocycles. The van der Waals surface area contributed by atoms with Crippen LogP contribution in [0.2, 0.25) is 5.02 Å². The van der Waals surface area contributed by atoms with Gasteiger partial charge >= 0.3 is 5.97 Å². The van der Waals surface area contributed by atoms with Crippen LogP contribution in [-0.4, -0.2) is 64.3 Å². The molecule has 204 valence electrons. The van der Waals surface area contributed by atoms with Crippen LogP contribution in [-0.2, 0) is 23.1 Å². The predicted molar refractivity (Wildman–Crippen MR) is 141 cm³/mol. The van der Waals surface area contributed by atoms with Gasteiger partial charge in [0, 0.05) is 48.6 Å². The van der Waals surface area contributed by atoms with Crippen LogP contribution in [0.4, 0.5) is 10.1 Å². The Kier molecular flexibility index (Phi) is 7.13. The molecule has 14 heteroatoms. The summed E-state index contributed by atoms with van der Waals surface area (Å²) in [5, 5.41) is 27.2. The maximum Gasteiger partial charge on any atom is 0.335 e. The molecule has 2 aromatic carbocycles. The highest BCUT2D eigenvalue weighted by atomic mass is 35.5. The lowest BCUT2D eigenvalue weighted by molar-refractivity contribution is -0.135. The molecule has 0 aliphatic carbocycles. The van der Waals surface area contributed by atoms with Gasteiger partial charge in [0.15, 0.2) is 5.82 Å². The number of tetrazole rings is 1. The van der Waals surface area contributed by atoms with Crippen molar-refractivity contribution in [2.24, 2.45) is 7.05 Å². The smallest absolute Gasteiger partial charge is 0.335 e. The number of anilines is 1. The van der Waals surface area contributed by atoms with Crippen LogP contribution in [0.5, 0.6) is 0 Å². The lowest BCUT2D eigenvalue weighted by Gasteiger charge is -2.34. The zero-order valence-corrected chi connectivity index (χ0v) is 22.0. The number of carboxylic acid groups (broad SMARTS) is 1. The van der Waals surface area contributed by atoms with Crippen molar-refractivity contribution in [1.82, 2.24) is 34.9 Å². The SMILES string of the molecule is Cc1c2c(nn1C)CCN(C(=O)/C=C/c1c(-n3cnnn3)ccc(Cl)c1F)C2C(=O)Nc1ccc(C(=O)O)cc1. The van der Waals surface area contributed by atoms with Crippen LogP contribution in [0.1, 0.15) is 38.9 Å². The Morgan fingerprint density at radius 2 is 1.93 bits per heavy atom. The number of carbonyl (C=O) groups excluding carboxylic acids is 2. The Labute approximate surface area is 231 Å². The van der Waals surface area contributed by atoms with E-state index in [0.29, 0.717) is 29.1 Å². The average molecular weight is 565 g/mol. The zero-order valence-electron chi connectivity index (χ0n) is 21.2. The number of rotatable bonds is 6. The van der Waals surface area contributed by atoms with E-state index in [9.17, 15) is 14.4 Å². The number of carbonyl (C=O) groups is 3. The van der Waals surface area contributed by atoms with Gasteiger partial charge in [-0.15, -0.1) is 5.10 Å². The van der Waals surface area contributed by atoms with Gasteiger partial charge in [-0.05, 0) is 59.8 Å². The van der Waals surface area contributed by atoms with Crippen LogP contribution in [0.3, 0.4) is 0 Å². The van der Waals surface area contributed by atoms with Gasteiger partial charge < -0.3 is 15.3 Å². The molecule has 0 saturated heterocycles. The number of hydrogen-bond donors (Lipinski definition) is 2. The summed E-state index contributed by atoms with van der Waals surface area (Å²) in [6.07, 6.45) is 4.13. The van der Waals surface area contributed by atoms with E-state index in [1.54, 1.807) is 18.7 Å². The number of aryl methyl sites for hydroxylation is 1. The van der Waals surface area contributed by atoms with E-state index in [2.05, 4.69) is 25.9 Å². The number of hydrogen-bond acceptors (Lipinski definition) is 7. The molecule has 1 aliphatic heterocycles. The Bertz CT molecular complexity index is 1650. The molecule has 5 rings (SSSR count). The minimum atomic E-state index is -1.09. The zero-order chi connectivity index (χ0) is 28.6. The standard InChI is InChI=1S/C26H22ClFN8O4/c1-14-22-19(31-34(14)2)11-12-35(24(22)25(38)30-16-5-3-15(4-6-16)26(39)40)21(37)10-7-17-20(36-13-29-32-33-36)9-8-18(27)23(17)28/h3-10,13,24H,11-12H2,1-2H3,(H,30,38)(H,39,40)/b10-7+. The summed E-state index contributed by atoms with van der Waals surface area (Å²) in [5.41, 5.74) is 2.67. The van der Waals surface area contributed by atoms with E-state index in [4.69, 9.17) is 16.7 Å². The van der Waals surface area contributed by atoms with E-state index in [0.717, 1.165) is 0 Å². The first-order valence-corrected chi connectivity index (χ1v) is 12.4. The molecule has 1 atom stereocenters. The van der Waals surface area contributed by atoms with Crippen molar-refractivity contribution >= 4 is 41.1 Å². The Morgan fingerprint density at radius 3 is 2.60 bits per heavy atom. The maximum absolute atomic E-state index is 15.0. The van der Waals surface area contributed by atoms with Crippen LogP contribution < -0.4 is 5.32 Å². The number of carboxylic acids is 1. The minimum absolute atomic E-state index is 0.0112. The van der Waals surface area contributed by atoms with Gasteiger partial charge in [0.2, 0.25) is 5.91 Å². The van der Waals surface area contributed by atoms with Gasteiger partial charge in [0.1, 0.15) is 12.4 Å². The number of fused-ring (bicyclic) bond motifs is 1. The maximum atomic E-state index is 15.0. The number of aromatic carboxylic acids is 1. The molecule has 12 nitrogen and oxygen atoms in total. The molecule has 2 aromatic heterocycles. The lowest BCUT2D eigenvalue weighted by atomic mass is 9.95. The molecular weight excluding hydrogens is 543 g/mol. The fourth-order valence-electron chi connectivity index (χ4n) is 4.60. The third kappa shape index (κ3) is 4.94. The van der Waals surface area contributed by atoms with Crippen LogP contribution >= 0.6 is 11.6 Å². The van der Waals surface area contributed by atoms with Gasteiger partial charge in [-0.1, -0.05) is 11.6 Å². The van der Waals surface area contributed by atoms with Gasteiger partial charge in [-0.3, -0.25) is 14.3 Å². The molecule has 0 radical (unpaired) electrons. The fraction of sp³-hybridized carbons (Fsp3) is 0.192. The summed E-state index contributed by atoms with van der Waals surface area (Å²) >= 11 is 6.00. The molecule has 2 amide bonds. The molecule has 1 unspecified atom stereocenters. The first-order valence-electron chi connectivity index (χ1n) is 12.0. The summed E-state index contributed by atoms with van der Waals surface area (Å²) in [6, 6.07) is 7.50. The summed E-state index contributed by atoms with van der Waals surface area (Å²) in [5.74, 6) is -2.91. The van der Waals surface area contributed by atoms with Crippen molar-refractivity contribution < 1.29 is 23.9 Å². The predicted octanol–water partition coefficient (Wildman–Crippen LogP) is 2.97. The molecular formula is C26H22ClFN8O4. The Hall–Kier alpha value is -4.91. The number of nitrogens with one attached hydrogen (secondary N) is 1. The fourth-order valence-corrected chi connectivity index (χ4v) is 4.76. The molecule has 0 fully saturated rings. The second-order valence-corrected chi connectivity index (χ2v) is 9.41. The van der Waals surface area contributed by atoms with E-state index >= 15 is 4.39 Å². The topological polar surface area (TPSA) is 148 Å². The first-order chi connectivity index (χ1) is 19.2. The molecule has 1 aliphatic rings. The summed E-state index contributed by atoms with van der Waals surface area (Å²) in [6.45, 7) is 1.98. The third-order valence-corrected chi connectivity index (χ3v) is 6.95. The molecule has 0 bridgehead atoms. The normalized spacial score (nSPS) is 14.8. The minimum Gasteiger partial charge on any atom is -0.478 e. The van der Waals surface area contributed by atoms with Gasteiger partial charge in [0.25, 0.3) is 5.91 Å². The number of benzene rings is 2. The van der Waals surface area contributed by atoms with E-state index < -0.39 is 29.6 Å². The molecule has 2 N–H and O–H groups in total. The third-order valence-electron chi connectivity index (χ3n) is 6.66. The van der Waals surface area contributed by atoms with Gasteiger partial charge in [-0.2, -0.15) is 9.78 Å². The van der Waals surface area contributed by atoms with Crippen LogP contribution in [0, 0.1) is 12.7 Å². The molecule has 40 heavy (non-hydrogen) atoms. The molecule has 0 spiro atoms. The summed E-state index contributed by atoms with van der Waals surface area (Å²) < 4.78 is 17.9. The van der Waals surface area contributed by atoms with Crippen molar-refractivity contribution in [3.8, 4) is 5.69 Å². The second kappa shape index (κ2) is 10.7. The highest BCUT2D eigenvalue weighted by Gasteiger charge is 2.38. The van der Waals surface area contributed by atoms with E-state index in [-0.39, 0.29) is 28.4 Å². The number of halogens is 2. The van der Waals surface area contributed by atoms with Crippen molar-refractivity contribution in [2.75, 3.05) is 11.9 Å². The van der Waals surface area contributed by atoms with E-state index in [1.807, 2.05) is 0 Å². The number of nitrogens with zero attached hydrogens (tertiary/aromatic N) is 7. The lowest BCUT2D eigenvalue weighted by Crippen LogP contribution is -2.44. The van der Waals surface area contributed by atoms with Crippen molar-refractivity contribution in [3.05, 3.63) is 87.7 Å². The van der Waals surface area contributed by atoms with Crippen molar-refractivity contribution in [3.63, 3.8) is 0 Å². The van der Waals surface area contributed by atoms with Crippen LogP contribution in [0.25, 0.3) is 11.8 Å². The Morgan fingerprint density at radius 1 is 1.18 bits per heavy atom. The average Bonchev–Trinajstić information content (AvgIpc) is 3.57. The summed E-state index contributed by atoms with van der Waals surface area (Å²) in [4.78, 5) is 39.7.